The molecule has 30 heavy (non-hydrogen) atoms. The van der Waals surface area contributed by atoms with Crippen LogP contribution < -0.4 is 10.2 Å². The third-order valence-corrected chi connectivity index (χ3v) is 5.31. The number of benzene rings is 3. The van der Waals surface area contributed by atoms with Crippen LogP contribution in [-0.2, 0) is 16.0 Å². The van der Waals surface area contributed by atoms with Gasteiger partial charge in [0.05, 0.1) is 13.1 Å². The SMILES string of the molecule is CC(=O)[C@@H](Cc1ccccc1)NC(=O)C[NH+](C)C(c1ccccc1)c1ccccc1. The predicted molar refractivity (Wildman–Crippen MR) is 119 cm³/mol. The van der Waals surface area contributed by atoms with Gasteiger partial charge in [-0.15, -0.1) is 0 Å². The Balaban J connectivity index is 1.72. The summed E-state index contributed by atoms with van der Waals surface area (Å²) in [6.45, 7) is 1.80. The van der Waals surface area contributed by atoms with Crippen LogP contribution in [0.4, 0.5) is 0 Å². The molecule has 0 aromatic heterocycles. The maximum absolute atomic E-state index is 12.8. The first-order valence-corrected chi connectivity index (χ1v) is 10.3. The Morgan fingerprint density at radius 3 is 1.73 bits per heavy atom. The molecule has 0 saturated heterocycles. The lowest BCUT2D eigenvalue weighted by Crippen LogP contribution is -3.10. The van der Waals surface area contributed by atoms with E-state index in [-0.39, 0.29) is 24.3 Å². The summed E-state index contributed by atoms with van der Waals surface area (Å²) in [7, 11) is 2.02. The number of hydrogen-bond acceptors (Lipinski definition) is 2. The van der Waals surface area contributed by atoms with Gasteiger partial charge in [0.15, 0.2) is 12.3 Å². The molecule has 154 valence electrons. The summed E-state index contributed by atoms with van der Waals surface area (Å²) in [5.74, 6) is -0.159. The van der Waals surface area contributed by atoms with Crippen LogP contribution in [0.3, 0.4) is 0 Å². The Kier molecular flexibility index (Phi) is 7.52. The van der Waals surface area contributed by atoms with E-state index in [2.05, 4.69) is 29.6 Å². The van der Waals surface area contributed by atoms with E-state index in [9.17, 15) is 9.59 Å². The maximum atomic E-state index is 12.8. The van der Waals surface area contributed by atoms with Gasteiger partial charge in [-0.05, 0) is 18.9 Å². The molecule has 0 aliphatic rings. The third-order valence-electron chi connectivity index (χ3n) is 5.31. The average Bonchev–Trinajstić information content (AvgIpc) is 2.75. The van der Waals surface area contributed by atoms with E-state index in [1.54, 1.807) is 0 Å². The Labute approximate surface area is 178 Å². The van der Waals surface area contributed by atoms with Crippen molar-refractivity contribution in [2.75, 3.05) is 13.6 Å². The number of quaternary nitrogens is 1. The molecule has 1 amide bonds. The molecule has 0 fully saturated rings. The summed E-state index contributed by atoms with van der Waals surface area (Å²) in [6, 6.07) is 29.7. The highest BCUT2D eigenvalue weighted by molar-refractivity contribution is 5.88. The van der Waals surface area contributed by atoms with Crippen molar-refractivity contribution in [3.8, 4) is 0 Å². The zero-order valence-corrected chi connectivity index (χ0v) is 17.5. The van der Waals surface area contributed by atoms with Crippen molar-refractivity contribution in [3.05, 3.63) is 108 Å². The lowest BCUT2D eigenvalue weighted by Gasteiger charge is -2.26. The Hall–Kier alpha value is -3.24. The van der Waals surface area contributed by atoms with E-state index in [1.807, 2.05) is 73.8 Å². The molecule has 1 unspecified atom stereocenters. The molecule has 0 aliphatic heterocycles. The number of amides is 1. The summed E-state index contributed by atoms with van der Waals surface area (Å²) < 4.78 is 0. The molecule has 0 saturated carbocycles. The van der Waals surface area contributed by atoms with Crippen molar-refractivity contribution in [2.45, 2.75) is 25.4 Å². The highest BCUT2D eigenvalue weighted by Crippen LogP contribution is 2.18. The molecule has 0 heterocycles. The summed E-state index contributed by atoms with van der Waals surface area (Å²) in [4.78, 5) is 26.0. The average molecular weight is 402 g/mol. The smallest absolute Gasteiger partial charge is 0.275 e. The molecule has 0 spiro atoms. The maximum Gasteiger partial charge on any atom is 0.275 e. The standard InChI is InChI=1S/C26H28N2O2/c1-20(29)24(18-21-12-6-3-7-13-21)27-25(30)19-28(2)26(22-14-8-4-9-15-22)23-16-10-5-11-17-23/h3-17,24,26H,18-19H2,1-2H3,(H,27,30)/p+1/t24-/m1/s1. The number of Topliss-reactive ketones (excluding diaryl/α,β-unsaturated/α-hetero) is 1. The van der Waals surface area contributed by atoms with Crippen LogP contribution in [-0.4, -0.2) is 31.3 Å². The molecule has 3 aromatic rings. The zero-order chi connectivity index (χ0) is 21.3. The zero-order valence-electron chi connectivity index (χ0n) is 17.5. The molecular formula is C26H29N2O2+. The Bertz CT molecular complexity index is 903. The Morgan fingerprint density at radius 1 is 0.800 bits per heavy atom. The number of nitrogens with one attached hydrogen (secondary N) is 2. The van der Waals surface area contributed by atoms with Gasteiger partial charge in [-0.2, -0.15) is 0 Å². The van der Waals surface area contributed by atoms with E-state index in [0.29, 0.717) is 6.42 Å². The molecule has 0 bridgehead atoms. The number of rotatable bonds is 9. The molecule has 4 heteroatoms. The summed E-state index contributed by atoms with van der Waals surface area (Å²) in [5, 5.41) is 2.94. The van der Waals surface area contributed by atoms with Gasteiger partial charge in [0.25, 0.3) is 5.91 Å². The molecule has 3 rings (SSSR count). The molecule has 4 nitrogen and oxygen atoms in total. The van der Waals surface area contributed by atoms with Crippen molar-refractivity contribution in [2.24, 2.45) is 0 Å². The number of hydrogen-bond donors (Lipinski definition) is 2. The van der Waals surface area contributed by atoms with Crippen molar-refractivity contribution in [1.82, 2.24) is 5.32 Å². The van der Waals surface area contributed by atoms with Crippen molar-refractivity contribution < 1.29 is 14.5 Å². The molecule has 2 N–H and O–H groups in total. The van der Waals surface area contributed by atoms with E-state index in [1.165, 1.54) is 6.92 Å². The molecule has 0 radical (unpaired) electrons. The summed E-state index contributed by atoms with van der Waals surface area (Å²) in [5.41, 5.74) is 3.34. The first kappa shape index (κ1) is 21.5. The highest BCUT2D eigenvalue weighted by Gasteiger charge is 2.26. The highest BCUT2D eigenvalue weighted by atomic mass is 16.2. The van der Waals surface area contributed by atoms with Crippen LogP contribution in [0.1, 0.15) is 29.7 Å². The second-order valence-corrected chi connectivity index (χ2v) is 7.70. The van der Waals surface area contributed by atoms with E-state index < -0.39 is 6.04 Å². The van der Waals surface area contributed by atoms with E-state index in [4.69, 9.17) is 0 Å². The topological polar surface area (TPSA) is 50.6 Å². The van der Waals surface area contributed by atoms with Gasteiger partial charge in [-0.1, -0.05) is 91.0 Å². The van der Waals surface area contributed by atoms with Gasteiger partial charge in [-0.3, -0.25) is 9.59 Å². The molecular weight excluding hydrogens is 372 g/mol. The normalized spacial score (nSPS) is 12.9. The van der Waals surface area contributed by atoms with Crippen molar-refractivity contribution in [1.29, 1.82) is 0 Å². The molecule has 3 aromatic carbocycles. The molecule has 2 atom stereocenters. The number of ketones is 1. The second-order valence-electron chi connectivity index (χ2n) is 7.70. The van der Waals surface area contributed by atoms with Crippen LogP contribution in [0.2, 0.25) is 0 Å². The number of likely N-dealkylation sites (N-methyl/N-ethyl adjacent to an activating group) is 1. The largest absolute Gasteiger partial charge is 0.341 e. The van der Waals surface area contributed by atoms with Gasteiger partial charge < -0.3 is 10.2 Å². The van der Waals surface area contributed by atoms with Crippen molar-refractivity contribution in [3.63, 3.8) is 0 Å². The molecule has 0 aliphatic carbocycles. The number of carbonyl (C=O) groups excluding carboxylic acids is 2. The van der Waals surface area contributed by atoms with Crippen LogP contribution in [0, 0.1) is 0 Å². The fourth-order valence-corrected chi connectivity index (χ4v) is 3.80. The first-order valence-electron chi connectivity index (χ1n) is 10.3. The number of carbonyl (C=O) groups is 2. The first-order chi connectivity index (χ1) is 14.5. The summed E-state index contributed by atoms with van der Waals surface area (Å²) >= 11 is 0. The van der Waals surface area contributed by atoms with Crippen LogP contribution in [0.15, 0.2) is 91.0 Å². The van der Waals surface area contributed by atoms with Gasteiger partial charge >= 0.3 is 0 Å². The van der Waals surface area contributed by atoms with E-state index >= 15 is 0 Å². The monoisotopic (exact) mass is 401 g/mol. The van der Waals surface area contributed by atoms with Gasteiger partial charge in [-0.25, -0.2) is 0 Å². The minimum absolute atomic E-state index is 0.0306. The third kappa shape index (κ3) is 5.88. The van der Waals surface area contributed by atoms with Crippen LogP contribution >= 0.6 is 0 Å². The van der Waals surface area contributed by atoms with Gasteiger partial charge in [0.2, 0.25) is 0 Å². The fraction of sp³-hybridized carbons (Fsp3) is 0.231. The Morgan fingerprint density at radius 2 is 1.27 bits per heavy atom. The van der Waals surface area contributed by atoms with Crippen LogP contribution in [0.5, 0.6) is 0 Å². The lowest BCUT2D eigenvalue weighted by atomic mass is 9.97. The van der Waals surface area contributed by atoms with Gasteiger partial charge in [0.1, 0.15) is 6.04 Å². The van der Waals surface area contributed by atoms with Gasteiger partial charge in [0, 0.05) is 11.1 Å². The minimum Gasteiger partial charge on any atom is -0.341 e. The van der Waals surface area contributed by atoms with E-state index in [0.717, 1.165) is 21.6 Å². The quantitative estimate of drug-likeness (QED) is 0.579. The summed E-state index contributed by atoms with van der Waals surface area (Å²) in [6.07, 6.45) is 0.502. The second kappa shape index (κ2) is 10.5. The lowest BCUT2D eigenvalue weighted by molar-refractivity contribution is -0.898. The van der Waals surface area contributed by atoms with Crippen LogP contribution in [0.25, 0.3) is 0 Å². The fourth-order valence-electron chi connectivity index (χ4n) is 3.80. The minimum atomic E-state index is -0.514. The van der Waals surface area contributed by atoms with Crippen molar-refractivity contribution >= 4 is 11.7 Å². The predicted octanol–water partition coefficient (Wildman–Crippen LogP) is 2.61.